The molecular formula is C9H9Cl3NOSY-. The molecule has 7 heteroatoms. The number of carbonyl (C=O) groups is 1. The Balaban J connectivity index is 0.00000225. The van der Waals surface area contributed by atoms with E-state index in [-0.39, 0.29) is 48.7 Å². The summed E-state index contributed by atoms with van der Waals surface area (Å²) in [5.74, 6) is -0.341. The summed E-state index contributed by atoms with van der Waals surface area (Å²) >= 11 is 18.4. The molecule has 2 nitrogen and oxygen atoms in total. The average molecular weight is 375 g/mol. The second kappa shape index (κ2) is 8.28. The fourth-order valence-corrected chi connectivity index (χ4v) is 2.62. The molecule has 16 heavy (non-hydrogen) atoms. The van der Waals surface area contributed by atoms with Crippen molar-refractivity contribution in [1.29, 1.82) is 0 Å². The Morgan fingerprint density at radius 1 is 1.31 bits per heavy atom. The van der Waals surface area contributed by atoms with Gasteiger partial charge < -0.3 is 10.1 Å². The summed E-state index contributed by atoms with van der Waals surface area (Å²) in [5, 5.41) is 4.31. The van der Waals surface area contributed by atoms with Crippen LogP contribution in [0.5, 0.6) is 0 Å². The summed E-state index contributed by atoms with van der Waals surface area (Å²) in [4.78, 5) is 11.9. The molecular weight excluding hydrogens is 365 g/mol. The number of hydrogen-bond acceptors (Lipinski definition) is 2. The molecule has 1 aromatic heterocycles. The van der Waals surface area contributed by atoms with Gasteiger partial charge in [0.2, 0.25) is 0 Å². The third-order valence-corrected chi connectivity index (χ3v) is 4.28. The second-order valence-electron chi connectivity index (χ2n) is 2.87. The zero-order valence-electron chi connectivity index (χ0n) is 8.60. The van der Waals surface area contributed by atoms with E-state index in [1.54, 1.807) is 0 Å². The number of rotatable bonds is 4. The Kier molecular flexibility index (Phi) is 8.87. The Labute approximate surface area is 139 Å². The molecule has 0 aliphatic heterocycles. The smallest absolute Gasteiger partial charge is 0.114 e. The van der Waals surface area contributed by atoms with Crippen LogP contribution in [0.2, 0.25) is 14.4 Å². The van der Waals surface area contributed by atoms with Gasteiger partial charge in [-0.25, -0.2) is 0 Å². The van der Waals surface area contributed by atoms with Gasteiger partial charge in [-0.15, -0.1) is 17.9 Å². The number of hydrogen-bond donors (Lipinski definition) is 0. The van der Waals surface area contributed by atoms with Crippen LogP contribution >= 0.6 is 46.1 Å². The van der Waals surface area contributed by atoms with E-state index in [9.17, 15) is 4.79 Å². The molecule has 1 rings (SSSR count). The van der Waals surface area contributed by atoms with Crippen LogP contribution in [0.3, 0.4) is 0 Å². The molecule has 0 saturated carbocycles. The maximum absolute atomic E-state index is 11.5. The first-order valence-electron chi connectivity index (χ1n) is 4.43. The van der Waals surface area contributed by atoms with Gasteiger partial charge in [0.05, 0.1) is 20.8 Å². The summed E-state index contributed by atoms with van der Waals surface area (Å²) < 4.78 is 0.329. The first kappa shape index (κ1) is 17.1. The van der Waals surface area contributed by atoms with E-state index >= 15 is 0 Å². The molecule has 1 aromatic rings. The number of nitrogens with zero attached hydrogens (tertiary/aromatic N) is 1. The minimum Gasteiger partial charge on any atom is -0.648 e. The predicted octanol–water partition coefficient (Wildman–Crippen LogP) is 5.02. The van der Waals surface area contributed by atoms with Gasteiger partial charge in [0.15, 0.2) is 0 Å². The van der Waals surface area contributed by atoms with Gasteiger partial charge in [-0.05, 0) is 0 Å². The molecule has 0 unspecified atom stereocenters. The Hall–Kier alpha value is 1.14. The topological polar surface area (TPSA) is 31.2 Å². The summed E-state index contributed by atoms with van der Waals surface area (Å²) in [5.41, 5.74) is 0. The molecule has 0 aromatic carbocycles. The van der Waals surface area contributed by atoms with Crippen molar-refractivity contribution >= 4 is 52.0 Å². The van der Waals surface area contributed by atoms with E-state index in [1.165, 1.54) is 0 Å². The Bertz CT molecular complexity index is 370. The SMILES string of the molecule is CCCC[N-]C(=O)c1sc(Cl)c(Cl)c1Cl.[Y]. The van der Waals surface area contributed by atoms with E-state index in [2.05, 4.69) is 5.32 Å². The number of thiophene rings is 1. The van der Waals surface area contributed by atoms with Crippen molar-refractivity contribution < 1.29 is 37.5 Å². The van der Waals surface area contributed by atoms with Gasteiger partial charge in [0.25, 0.3) is 0 Å². The quantitative estimate of drug-likeness (QED) is 0.681. The van der Waals surface area contributed by atoms with Crippen molar-refractivity contribution in [3.8, 4) is 0 Å². The van der Waals surface area contributed by atoms with Gasteiger partial charge in [0, 0.05) is 32.7 Å². The number of carbonyl (C=O) groups excluding carboxylic acids is 1. The minimum atomic E-state index is -0.341. The molecule has 1 radical (unpaired) electrons. The van der Waals surface area contributed by atoms with Crippen LogP contribution in [0.25, 0.3) is 5.32 Å². The molecule has 0 fully saturated rings. The molecule has 0 atom stereocenters. The first-order valence-corrected chi connectivity index (χ1v) is 6.38. The summed E-state index contributed by atoms with van der Waals surface area (Å²) in [6, 6.07) is 0. The van der Waals surface area contributed by atoms with Crippen LogP contribution in [-0.2, 0) is 32.7 Å². The molecule has 0 N–H and O–H groups in total. The second-order valence-corrected chi connectivity index (χ2v) is 5.25. The van der Waals surface area contributed by atoms with Crippen molar-refractivity contribution in [1.82, 2.24) is 0 Å². The third kappa shape index (κ3) is 4.43. The van der Waals surface area contributed by atoms with Crippen LogP contribution in [0.15, 0.2) is 0 Å². The standard InChI is InChI=1S/C9H10Cl3NOS.Y/c1-2-3-4-13-9(14)7-5(10)6(11)8(12)15-7;/h2-4H2,1H3,(H,13,14);/p-1. The van der Waals surface area contributed by atoms with Crippen molar-refractivity contribution in [2.45, 2.75) is 19.8 Å². The maximum Gasteiger partial charge on any atom is 0.114 e. The fraction of sp³-hybridized carbons (Fsp3) is 0.444. The molecule has 0 saturated heterocycles. The van der Waals surface area contributed by atoms with Crippen LogP contribution in [-0.4, -0.2) is 12.5 Å². The number of unbranched alkanes of at least 4 members (excludes halogenated alkanes) is 1. The molecule has 0 aliphatic rings. The van der Waals surface area contributed by atoms with E-state index in [1.807, 2.05) is 6.92 Å². The van der Waals surface area contributed by atoms with Gasteiger partial charge in [-0.1, -0.05) is 54.6 Å². The Morgan fingerprint density at radius 3 is 2.38 bits per heavy atom. The summed E-state index contributed by atoms with van der Waals surface area (Å²) in [6.45, 7) is 2.55. The molecule has 1 amide bonds. The third-order valence-electron chi connectivity index (χ3n) is 1.72. The van der Waals surface area contributed by atoms with Gasteiger partial charge in [-0.3, -0.25) is 0 Å². The number of halogens is 3. The van der Waals surface area contributed by atoms with Crippen LogP contribution in [0.1, 0.15) is 29.4 Å². The van der Waals surface area contributed by atoms with Crippen molar-refractivity contribution in [3.63, 3.8) is 0 Å². The summed E-state index contributed by atoms with van der Waals surface area (Å²) in [6.07, 6.45) is 1.88. The molecule has 0 spiro atoms. The molecule has 0 bridgehead atoms. The van der Waals surface area contributed by atoms with E-state index < -0.39 is 0 Å². The van der Waals surface area contributed by atoms with Crippen molar-refractivity contribution in [2.24, 2.45) is 0 Å². The van der Waals surface area contributed by atoms with Crippen molar-refractivity contribution in [3.05, 3.63) is 24.6 Å². The summed E-state index contributed by atoms with van der Waals surface area (Å²) in [7, 11) is 0. The van der Waals surface area contributed by atoms with E-state index in [4.69, 9.17) is 34.8 Å². The fourth-order valence-electron chi connectivity index (χ4n) is 0.913. The van der Waals surface area contributed by atoms with Gasteiger partial charge in [0.1, 0.15) is 4.34 Å². The zero-order valence-corrected chi connectivity index (χ0v) is 14.5. The first-order chi connectivity index (χ1) is 7.07. The van der Waals surface area contributed by atoms with Crippen molar-refractivity contribution in [2.75, 3.05) is 6.54 Å². The average Bonchev–Trinajstić information content (AvgIpc) is 2.46. The van der Waals surface area contributed by atoms with Crippen LogP contribution in [0, 0.1) is 0 Å². The molecule has 1 heterocycles. The normalized spacial score (nSPS) is 9.75. The minimum absolute atomic E-state index is 0. The van der Waals surface area contributed by atoms with Crippen LogP contribution in [0.4, 0.5) is 0 Å². The predicted molar refractivity (Wildman–Crippen MR) is 66.8 cm³/mol. The van der Waals surface area contributed by atoms with Gasteiger partial charge in [-0.2, -0.15) is 0 Å². The monoisotopic (exact) mass is 373 g/mol. The van der Waals surface area contributed by atoms with Crippen LogP contribution < -0.4 is 0 Å². The largest absolute Gasteiger partial charge is 0.648 e. The van der Waals surface area contributed by atoms with E-state index in [0.717, 1.165) is 24.2 Å². The maximum atomic E-state index is 11.5. The molecule has 0 aliphatic carbocycles. The molecule has 87 valence electrons. The zero-order chi connectivity index (χ0) is 11.4. The van der Waals surface area contributed by atoms with Gasteiger partial charge >= 0.3 is 0 Å². The number of amides is 1. The Morgan fingerprint density at radius 2 is 1.94 bits per heavy atom. The van der Waals surface area contributed by atoms with E-state index in [0.29, 0.717) is 15.8 Å².